The van der Waals surface area contributed by atoms with Crippen LogP contribution in [0.1, 0.15) is 31.8 Å². The van der Waals surface area contributed by atoms with Crippen LogP contribution in [-0.4, -0.2) is 33.9 Å². The highest BCUT2D eigenvalue weighted by Crippen LogP contribution is 2.35. The third kappa shape index (κ3) is 4.27. The molecule has 10 heteroatoms. The first kappa shape index (κ1) is 20.9. The number of amides is 1. The number of methoxy groups -OCH3 is 1. The number of aryl methyl sites for hydroxylation is 1. The van der Waals surface area contributed by atoms with Crippen LogP contribution >= 0.6 is 0 Å². The Balaban J connectivity index is 1.94. The van der Waals surface area contributed by atoms with Crippen LogP contribution in [0.3, 0.4) is 0 Å². The van der Waals surface area contributed by atoms with Crippen molar-refractivity contribution in [3.05, 3.63) is 71.0 Å². The standard InChI is InChI=1S/C20H16F3N3O4/c1-11-3-4-12(7-16(11)26-10-13(9-24-26)19(28)29)18(27)25-15-8-14(20(21,22)23)5-6-17(15)30-2/h3-10H,1-2H3,(H,25,27)(H,28,29). The van der Waals surface area contributed by atoms with E-state index in [2.05, 4.69) is 10.4 Å². The van der Waals surface area contributed by atoms with E-state index in [4.69, 9.17) is 9.84 Å². The minimum Gasteiger partial charge on any atom is -0.495 e. The van der Waals surface area contributed by atoms with Crippen LogP contribution in [0.25, 0.3) is 5.69 Å². The number of anilines is 1. The zero-order chi connectivity index (χ0) is 22.1. The van der Waals surface area contributed by atoms with Gasteiger partial charge in [0.25, 0.3) is 5.91 Å². The van der Waals surface area contributed by atoms with Crippen molar-refractivity contribution in [3.8, 4) is 11.4 Å². The molecule has 0 atom stereocenters. The van der Waals surface area contributed by atoms with Crippen LogP contribution in [-0.2, 0) is 6.18 Å². The van der Waals surface area contributed by atoms with Gasteiger partial charge in [-0.1, -0.05) is 6.07 Å². The number of carbonyl (C=O) groups excluding carboxylic acids is 1. The molecule has 0 bridgehead atoms. The molecule has 0 saturated carbocycles. The van der Waals surface area contributed by atoms with Gasteiger partial charge in [-0.25, -0.2) is 9.48 Å². The Morgan fingerprint density at radius 2 is 1.87 bits per heavy atom. The highest BCUT2D eigenvalue weighted by molar-refractivity contribution is 6.05. The smallest absolute Gasteiger partial charge is 0.416 e. The summed E-state index contributed by atoms with van der Waals surface area (Å²) in [6.07, 6.45) is -2.12. The molecule has 2 N–H and O–H groups in total. The maximum atomic E-state index is 13.0. The Bertz CT molecular complexity index is 1120. The molecule has 0 aliphatic carbocycles. The molecule has 0 radical (unpaired) electrons. The van der Waals surface area contributed by atoms with Crippen LogP contribution in [0.5, 0.6) is 5.75 Å². The summed E-state index contributed by atoms with van der Waals surface area (Å²) in [7, 11) is 1.28. The van der Waals surface area contributed by atoms with E-state index in [1.165, 1.54) is 36.3 Å². The summed E-state index contributed by atoms with van der Waals surface area (Å²) in [6, 6.07) is 7.35. The fourth-order valence-corrected chi connectivity index (χ4v) is 2.74. The van der Waals surface area contributed by atoms with Gasteiger partial charge in [-0.3, -0.25) is 4.79 Å². The van der Waals surface area contributed by atoms with Crippen molar-refractivity contribution in [3.63, 3.8) is 0 Å². The lowest BCUT2D eigenvalue weighted by molar-refractivity contribution is -0.137. The van der Waals surface area contributed by atoms with Crippen molar-refractivity contribution >= 4 is 17.6 Å². The molecule has 1 aromatic heterocycles. The van der Waals surface area contributed by atoms with E-state index < -0.39 is 23.6 Å². The van der Waals surface area contributed by atoms with Crippen molar-refractivity contribution in [2.24, 2.45) is 0 Å². The van der Waals surface area contributed by atoms with E-state index >= 15 is 0 Å². The minimum atomic E-state index is -4.58. The lowest BCUT2D eigenvalue weighted by Crippen LogP contribution is -2.15. The molecule has 0 aliphatic heterocycles. The summed E-state index contributed by atoms with van der Waals surface area (Å²) in [5, 5.41) is 15.4. The topological polar surface area (TPSA) is 93.5 Å². The van der Waals surface area contributed by atoms with Crippen molar-refractivity contribution < 1.29 is 32.6 Å². The molecule has 30 heavy (non-hydrogen) atoms. The summed E-state index contributed by atoms with van der Waals surface area (Å²) < 4.78 is 45.3. The number of benzene rings is 2. The van der Waals surface area contributed by atoms with Crippen LogP contribution < -0.4 is 10.1 Å². The summed E-state index contributed by atoms with van der Waals surface area (Å²) in [5.41, 5.74) is 0.211. The molecule has 0 fully saturated rings. The third-order valence-electron chi connectivity index (χ3n) is 4.32. The molecule has 0 aliphatic rings. The highest BCUT2D eigenvalue weighted by atomic mass is 19.4. The zero-order valence-corrected chi connectivity index (χ0v) is 15.8. The third-order valence-corrected chi connectivity index (χ3v) is 4.32. The minimum absolute atomic E-state index is 0.0297. The summed E-state index contributed by atoms with van der Waals surface area (Å²) in [4.78, 5) is 23.7. The summed E-state index contributed by atoms with van der Waals surface area (Å²) in [6.45, 7) is 1.75. The number of carbonyl (C=O) groups is 2. The maximum Gasteiger partial charge on any atom is 0.416 e. The SMILES string of the molecule is COc1ccc(C(F)(F)F)cc1NC(=O)c1ccc(C)c(-n2cc(C(=O)O)cn2)c1. The van der Waals surface area contributed by atoms with E-state index in [0.29, 0.717) is 11.3 Å². The number of aromatic nitrogens is 2. The van der Waals surface area contributed by atoms with Crippen molar-refractivity contribution in [2.75, 3.05) is 12.4 Å². The molecule has 1 amide bonds. The Morgan fingerprint density at radius 3 is 2.47 bits per heavy atom. The molecule has 0 unspecified atom stereocenters. The van der Waals surface area contributed by atoms with Gasteiger partial charge in [-0.15, -0.1) is 0 Å². The Hall–Kier alpha value is -3.82. The van der Waals surface area contributed by atoms with Crippen LogP contribution in [0.15, 0.2) is 48.8 Å². The normalized spacial score (nSPS) is 11.2. The van der Waals surface area contributed by atoms with Gasteiger partial charge in [-0.2, -0.15) is 18.3 Å². The number of carboxylic acid groups (broad SMARTS) is 1. The second-order valence-corrected chi connectivity index (χ2v) is 6.35. The number of ether oxygens (including phenoxy) is 1. The maximum absolute atomic E-state index is 13.0. The van der Waals surface area contributed by atoms with Crippen LogP contribution in [0, 0.1) is 6.92 Å². The van der Waals surface area contributed by atoms with Crippen LogP contribution in [0.2, 0.25) is 0 Å². The van der Waals surface area contributed by atoms with E-state index in [1.54, 1.807) is 13.0 Å². The highest BCUT2D eigenvalue weighted by Gasteiger charge is 2.31. The first-order chi connectivity index (χ1) is 14.1. The fraction of sp³-hybridized carbons (Fsp3) is 0.150. The molecular formula is C20H16F3N3O4. The number of hydrogen-bond donors (Lipinski definition) is 2. The predicted molar refractivity (Wildman–Crippen MR) is 101 cm³/mol. The number of nitrogens with one attached hydrogen (secondary N) is 1. The fourth-order valence-electron chi connectivity index (χ4n) is 2.74. The molecule has 3 aromatic rings. The van der Waals surface area contributed by atoms with Crippen LogP contribution in [0.4, 0.5) is 18.9 Å². The number of aromatic carboxylic acids is 1. The number of nitrogens with zero attached hydrogens (tertiary/aromatic N) is 2. The Labute approximate surface area is 168 Å². The predicted octanol–water partition coefficient (Wildman–Crippen LogP) is 4.16. The van der Waals surface area contributed by atoms with Gasteiger partial charge >= 0.3 is 12.1 Å². The molecule has 3 rings (SSSR count). The molecule has 0 spiro atoms. The van der Waals surface area contributed by atoms with Gasteiger partial charge in [0.05, 0.1) is 35.8 Å². The summed E-state index contributed by atoms with van der Waals surface area (Å²) in [5.74, 6) is -1.74. The first-order valence-electron chi connectivity index (χ1n) is 8.55. The molecule has 1 heterocycles. The quantitative estimate of drug-likeness (QED) is 0.648. The molecule has 2 aromatic carbocycles. The van der Waals surface area contributed by atoms with Gasteiger partial charge in [0.1, 0.15) is 5.75 Å². The van der Waals surface area contributed by atoms with Gasteiger partial charge in [0.15, 0.2) is 0 Å². The number of halogens is 3. The number of rotatable bonds is 5. The Kier molecular flexibility index (Phi) is 5.50. The molecule has 7 nitrogen and oxygen atoms in total. The van der Waals surface area contributed by atoms with E-state index in [1.807, 2.05) is 0 Å². The second-order valence-electron chi connectivity index (χ2n) is 6.35. The molecule has 156 valence electrons. The van der Waals surface area contributed by atoms with Gasteiger partial charge in [-0.05, 0) is 42.8 Å². The zero-order valence-electron chi connectivity index (χ0n) is 15.8. The molecular weight excluding hydrogens is 403 g/mol. The monoisotopic (exact) mass is 419 g/mol. The summed E-state index contributed by atoms with van der Waals surface area (Å²) >= 11 is 0. The largest absolute Gasteiger partial charge is 0.495 e. The van der Waals surface area contributed by atoms with Crippen molar-refractivity contribution in [1.82, 2.24) is 9.78 Å². The Morgan fingerprint density at radius 1 is 1.13 bits per heavy atom. The van der Waals surface area contributed by atoms with Crippen molar-refractivity contribution in [1.29, 1.82) is 0 Å². The van der Waals surface area contributed by atoms with E-state index in [-0.39, 0.29) is 22.6 Å². The van der Waals surface area contributed by atoms with Gasteiger partial charge in [0, 0.05) is 11.8 Å². The average Bonchev–Trinajstić information content (AvgIpc) is 3.18. The molecule has 0 saturated heterocycles. The second kappa shape index (κ2) is 7.90. The lowest BCUT2D eigenvalue weighted by atomic mass is 10.1. The van der Waals surface area contributed by atoms with Crippen molar-refractivity contribution in [2.45, 2.75) is 13.1 Å². The average molecular weight is 419 g/mol. The number of alkyl halides is 3. The first-order valence-corrected chi connectivity index (χ1v) is 8.55. The van der Waals surface area contributed by atoms with Gasteiger partial charge < -0.3 is 15.2 Å². The number of carboxylic acids is 1. The number of hydrogen-bond acceptors (Lipinski definition) is 4. The lowest BCUT2D eigenvalue weighted by Gasteiger charge is -2.14. The van der Waals surface area contributed by atoms with Gasteiger partial charge in [0.2, 0.25) is 0 Å². The van der Waals surface area contributed by atoms with E-state index in [9.17, 15) is 22.8 Å². The van der Waals surface area contributed by atoms with E-state index in [0.717, 1.165) is 18.2 Å².